The maximum Gasteiger partial charge on any atom is 0.306 e. The van der Waals surface area contributed by atoms with E-state index in [1.165, 1.54) is 0 Å². The predicted molar refractivity (Wildman–Crippen MR) is 139 cm³/mol. The first-order valence-electron chi connectivity index (χ1n) is 12.0. The van der Waals surface area contributed by atoms with E-state index in [9.17, 15) is 4.79 Å². The van der Waals surface area contributed by atoms with Crippen molar-refractivity contribution in [2.75, 3.05) is 7.11 Å². The molecular weight excluding hydrogens is 416 g/mol. The lowest BCUT2D eigenvalue weighted by atomic mass is 9.92. The Bertz CT molecular complexity index is 616. The van der Waals surface area contributed by atoms with Crippen LogP contribution in [0.2, 0.25) is 18.1 Å². The van der Waals surface area contributed by atoms with Crippen LogP contribution < -0.4 is 0 Å². The van der Waals surface area contributed by atoms with E-state index < -0.39 is 8.32 Å². The fourth-order valence-corrected chi connectivity index (χ4v) is 4.86. The number of rotatable bonds is 15. The third-order valence-electron chi connectivity index (χ3n) is 6.46. The molecule has 0 amide bonds. The van der Waals surface area contributed by atoms with Crippen molar-refractivity contribution in [3.05, 3.63) is 37.0 Å². The van der Waals surface area contributed by atoms with Crippen LogP contribution in [0.1, 0.15) is 74.1 Å². The highest BCUT2D eigenvalue weighted by Crippen LogP contribution is 2.39. The monoisotopic (exact) mass is 466 g/mol. The predicted octanol–water partition coefficient (Wildman–Crippen LogP) is 7.47. The molecule has 0 heterocycles. The molecule has 186 valence electrons. The summed E-state index contributed by atoms with van der Waals surface area (Å²) in [4.78, 5) is 12.4. The Kier molecular flexibility index (Phi) is 13.6. The zero-order valence-electron chi connectivity index (χ0n) is 22.5. The Labute approximate surface area is 199 Å². The van der Waals surface area contributed by atoms with Gasteiger partial charge in [-0.05, 0) is 55.8 Å². The van der Waals surface area contributed by atoms with E-state index in [0.29, 0.717) is 6.42 Å². The van der Waals surface area contributed by atoms with Gasteiger partial charge < -0.3 is 13.9 Å². The molecule has 0 fully saturated rings. The number of allylic oxidation sites excluding steroid dienone is 1. The summed E-state index contributed by atoms with van der Waals surface area (Å²) >= 11 is 0. The van der Waals surface area contributed by atoms with Gasteiger partial charge in [0.05, 0.1) is 6.10 Å². The summed E-state index contributed by atoms with van der Waals surface area (Å²) in [5, 5.41) is 0.0881. The fourth-order valence-electron chi connectivity index (χ4n) is 3.47. The topological polar surface area (TPSA) is 44.8 Å². The second-order valence-corrected chi connectivity index (χ2v) is 15.5. The summed E-state index contributed by atoms with van der Waals surface area (Å²) < 4.78 is 18.4. The smallest absolute Gasteiger partial charge is 0.306 e. The molecule has 0 spiro atoms. The lowest BCUT2D eigenvalue weighted by Crippen LogP contribution is -2.49. The Hall–Kier alpha value is -1.17. The minimum atomic E-state index is -2.02. The molecule has 0 aliphatic carbocycles. The van der Waals surface area contributed by atoms with Crippen molar-refractivity contribution in [1.29, 1.82) is 0 Å². The maximum atomic E-state index is 12.4. The summed E-state index contributed by atoms with van der Waals surface area (Å²) in [5.74, 6) is 0.121. The Balaban J connectivity index is 5.61. The molecule has 0 aromatic heterocycles. The molecule has 4 nitrogen and oxygen atoms in total. The standard InChI is InChI=1S/C27H50O4Si/c1-13-15-16-17-18-24(28)30-25(20(3)4)21(5)19-22(6)26(23(14-2)29-10)31-32(11,12)27(7,8)9/h13-14,19-20,22-23,25-26H,1-2,15-18H2,3-12H3/t22-,23+,25-,26+/m1/s1. The summed E-state index contributed by atoms with van der Waals surface area (Å²) in [6.07, 6.45) is 8.43. The first kappa shape index (κ1) is 30.8. The van der Waals surface area contributed by atoms with Gasteiger partial charge in [-0.15, -0.1) is 13.2 Å². The van der Waals surface area contributed by atoms with Gasteiger partial charge in [0.1, 0.15) is 12.2 Å². The van der Waals surface area contributed by atoms with Crippen molar-refractivity contribution in [3.63, 3.8) is 0 Å². The summed E-state index contributed by atoms with van der Waals surface area (Å²) in [7, 11) is -0.326. The van der Waals surface area contributed by atoms with Crippen LogP contribution in [-0.4, -0.2) is 39.7 Å². The van der Waals surface area contributed by atoms with Gasteiger partial charge in [-0.25, -0.2) is 0 Å². The van der Waals surface area contributed by atoms with Gasteiger partial charge in [-0.2, -0.15) is 0 Å². The fraction of sp³-hybridized carbons (Fsp3) is 0.741. The summed E-state index contributed by atoms with van der Waals surface area (Å²) in [5.41, 5.74) is 1.05. The van der Waals surface area contributed by atoms with Gasteiger partial charge in [-0.1, -0.05) is 59.8 Å². The highest BCUT2D eigenvalue weighted by Gasteiger charge is 2.41. The number of hydrogen-bond donors (Lipinski definition) is 0. The molecule has 0 rings (SSSR count). The van der Waals surface area contributed by atoms with Crippen molar-refractivity contribution in [3.8, 4) is 0 Å². The Morgan fingerprint density at radius 2 is 1.69 bits per heavy atom. The quantitative estimate of drug-likeness (QED) is 0.109. The SMILES string of the molecule is C=CCCCCC(=O)O[C@@H](C(C)=C[C@@H](C)[C@H](O[Si](C)(C)C(C)(C)C)[C@H](C=C)OC)C(C)C. The molecule has 0 bridgehead atoms. The van der Waals surface area contributed by atoms with Gasteiger partial charge in [-0.3, -0.25) is 4.79 Å². The molecule has 0 aromatic rings. The average Bonchev–Trinajstić information content (AvgIpc) is 2.68. The second kappa shape index (κ2) is 14.2. The van der Waals surface area contributed by atoms with Gasteiger partial charge in [0.15, 0.2) is 8.32 Å². The van der Waals surface area contributed by atoms with Crippen molar-refractivity contribution in [2.24, 2.45) is 11.8 Å². The number of esters is 1. The molecule has 5 heteroatoms. The van der Waals surface area contributed by atoms with Crippen LogP contribution >= 0.6 is 0 Å². The molecule has 0 radical (unpaired) electrons. The molecule has 0 aliphatic rings. The molecule has 4 atom stereocenters. The van der Waals surface area contributed by atoms with Crippen molar-refractivity contribution in [1.82, 2.24) is 0 Å². The van der Waals surface area contributed by atoms with E-state index in [1.807, 2.05) is 19.1 Å². The lowest BCUT2D eigenvalue weighted by Gasteiger charge is -2.42. The highest BCUT2D eigenvalue weighted by molar-refractivity contribution is 6.74. The molecule has 0 saturated heterocycles. The van der Waals surface area contributed by atoms with E-state index in [0.717, 1.165) is 24.8 Å². The van der Waals surface area contributed by atoms with E-state index >= 15 is 0 Å². The second-order valence-electron chi connectivity index (χ2n) is 10.7. The average molecular weight is 467 g/mol. The third kappa shape index (κ3) is 10.2. The normalized spacial score (nSPS) is 16.9. The van der Waals surface area contributed by atoms with E-state index in [1.54, 1.807) is 7.11 Å². The molecule has 0 N–H and O–H groups in total. The number of hydrogen-bond acceptors (Lipinski definition) is 4. The van der Waals surface area contributed by atoms with Gasteiger partial charge in [0.2, 0.25) is 0 Å². The van der Waals surface area contributed by atoms with Gasteiger partial charge >= 0.3 is 5.97 Å². The van der Waals surface area contributed by atoms with E-state index in [4.69, 9.17) is 13.9 Å². The summed E-state index contributed by atoms with van der Waals surface area (Å²) in [6, 6.07) is 0. The minimum absolute atomic E-state index is 0.0691. The first-order valence-corrected chi connectivity index (χ1v) is 14.9. The molecule has 0 aliphatic heterocycles. The number of ether oxygens (including phenoxy) is 2. The van der Waals surface area contributed by atoms with Crippen LogP contribution in [0, 0.1) is 11.8 Å². The molecule has 0 saturated carbocycles. The van der Waals surface area contributed by atoms with Crippen LogP contribution in [0.3, 0.4) is 0 Å². The van der Waals surface area contributed by atoms with Crippen LogP contribution in [0.5, 0.6) is 0 Å². The van der Waals surface area contributed by atoms with Gasteiger partial charge in [0.25, 0.3) is 0 Å². The molecule has 0 unspecified atom stereocenters. The molecular formula is C27H50O4Si. The highest BCUT2D eigenvalue weighted by atomic mass is 28.4. The van der Waals surface area contributed by atoms with Crippen LogP contribution in [0.25, 0.3) is 0 Å². The third-order valence-corrected chi connectivity index (χ3v) is 10.9. The number of unbranched alkanes of at least 4 members (excludes halogenated alkanes) is 2. The van der Waals surface area contributed by atoms with E-state index in [2.05, 4.69) is 73.9 Å². The van der Waals surface area contributed by atoms with Gasteiger partial charge in [0, 0.05) is 19.4 Å². The molecule has 0 aromatic carbocycles. The van der Waals surface area contributed by atoms with Crippen molar-refractivity contribution in [2.45, 2.75) is 111 Å². The zero-order valence-corrected chi connectivity index (χ0v) is 23.5. The lowest BCUT2D eigenvalue weighted by molar-refractivity contribution is -0.149. The minimum Gasteiger partial charge on any atom is -0.458 e. The number of methoxy groups -OCH3 is 1. The largest absolute Gasteiger partial charge is 0.458 e. The van der Waals surface area contributed by atoms with Crippen LogP contribution in [0.4, 0.5) is 0 Å². The number of carbonyl (C=O) groups is 1. The van der Waals surface area contributed by atoms with Crippen molar-refractivity contribution >= 4 is 14.3 Å². The van der Waals surface area contributed by atoms with E-state index in [-0.39, 0.29) is 41.2 Å². The van der Waals surface area contributed by atoms with Crippen molar-refractivity contribution < 1.29 is 18.7 Å². The van der Waals surface area contributed by atoms with Crippen LogP contribution in [-0.2, 0) is 18.7 Å². The first-order chi connectivity index (χ1) is 14.7. The Morgan fingerprint density at radius 1 is 1.09 bits per heavy atom. The Morgan fingerprint density at radius 3 is 2.12 bits per heavy atom. The summed E-state index contributed by atoms with van der Waals surface area (Å²) in [6.45, 7) is 27.3. The maximum absolute atomic E-state index is 12.4. The number of carbonyl (C=O) groups excluding carboxylic acids is 1. The zero-order chi connectivity index (χ0) is 25.1. The van der Waals surface area contributed by atoms with Crippen LogP contribution in [0.15, 0.2) is 37.0 Å². The molecule has 32 heavy (non-hydrogen) atoms.